The molecule has 4 heterocycles. The number of hydrogen-bond donors (Lipinski definition) is 13. The van der Waals surface area contributed by atoms with Crippen LogP contribution in [0.3, 0.4) is 0 Å². The zero-order valence-corrected chi connectivity index (χ0v) is 34.5. The molecule has 63 heavy (non-hydrogen) atoms. The topological polar surface area (TPSA) is 405 Å². The summed E-state index contributed by atoms with van der Waals surface area (Å²) in [7, 11) is 0. The molecule has 4 aliphatic heterocycles. The molecule has 350 valence electrons. The monoisotopic (exact) mass is 894 g/mol. The highest BCUT2D eigenvalue weighted by Gasteiger charge is 2.52. The van der Waals surface area contributed by atoms with Crippen molar-refractivity contribution >= 4 is 42.2 Å². The number of ether oxygens (including phenoxy) is 7. The number of hydrogen-bond acceptors (Lipinski definition) is 17. The number of alkyl carbamates (subject to hydrolysis) is 2. The average Bonchev–Trinajstić information content (AvgIpc) is 3.62. The molecule has 5 rings (SSSR count). The predicted molar refractivity (Wildman–Crippen MR) is 219 cm³/mol. The van der Waals surface area contributed by atoms with Gasteiger partial charge in [0.25, 0.3) is 0 Å². The van der Waals surface area contributed by atoms with Crippen molar-refractivity contribution in [3.63, 3.8) is 0 Å². The summed E-state index contributed by atoms with van der Waals surface area (Å²) < 4.78 is 40.0. The summed E-state index contributed by atoms with van der Waals surface area (Å²) in [5.41, 5.74) is 28.2. The molecule has 0 aliphatic carbocycles. The molecule has 4 fully saturated rings. The minimum absolute atomic E-state index is 0.136. The van der Waals surface area contributed by atoms with Gasteiger partial charge in [0.05, 0.1) is 25.4 Å². The maximum atomic E-state index is 13.3. The third kappa shape index (κ3) is 13.9. The number of urea groups is 2. The third-order valence-electron chi connectivity index (χ3n) is 10.3. The molecule has 0 aromatic heterocycles. The van der Waals surface area contributed by atoms with Crippen molar-refractivity contribution in [1.82, 2.24) is 31.9 Å². The SMILES string of the molecule is C[C@H]1O[C@H](Oc2ccc(/C=C/C(=O)NCCCNCCCCN)cc2)[C@H](N=C(N)N)[C@@H](O)[C@@H]1OC(=O)N[C@H]1OC[C@@H](O[C@@H]2OC[C@H]3OC(=O)N[C@@H]3[C@H]2NC(N)=O)[C@H](O)[C@H]1NC(N)=O. The summed E-state index contributed by atoms with van der Waals surface area (Å²) in [6.07, 6.45) is -7.85. The molecule has 26 heteroatoms. The van der Waals surface area contributed by atoms with Crippen LogP contribution < -0.4 is 65.3 Å². The quantitative estimate of drug-likeness (QED) is 0.0271. The molecule has 0 spiro atoms. The van der Waals surface area contributed by atoms with Crippen LogP contribution in [0.25, 0.3) is 6.08 Å². The fourth-order valence-corrected chi connectivity index (χ4v) is 7.22. The second-order valence-corrected chi connectivity index (χ2v) is 15.0. The highest BCUT2D eigenvalue weighted by molar-refractivity contribution is 5.91. The van der Waals surface area contributed by atoms with Crippen LogP contribution in [-0.2, 0) is 33.2 Å². The number of nitrogens with two attached hydrogens (primary N) is 5. The van der Waals surface area contributed by atoms with Crippen LogP contribution >= 0.6 is 0 Å². The molecular weight excluding hydrogens is 836 g/mol. The summed E-state index contributed by atoms with van der Waals surface area (Å²) in [6.45, 7) is 3.80. The molecule has 18 N–H and O–H groups in total. The lowest BCUT2D eigenvalue weighted by Gasteiger charge is -2.44. The lowest BCUT2D eigenvalue weighted by molar-refractivity contribution is -0.261. The van der Waals surface area contributed by atoms with Crippen LogP contribution in [0.2, 0.25) is 0 Å². The van der Waals surface area contributed by atoms with Crippen molar-refractivity contribution in [3.8, 4) is 5.75 Å². The summed E-state index contributed by atoms with van der Waals surface area (Å²) in [5, 5.41) is 38.5. The van der Waals surface area contributed by atoms with Crippen molar-refractivity contribution in [2.45, 2.75) is 106 Å². The molecule has 0 bridgehead atoms. The molecule has 0 unspecified atom stereocenters. The molecule has 13 atom stereocenters. The Bertz CT molecular complexity index is 1770. The maximum Gasteiger partial charge on any atom is 0.409 e. The van der Waals surface area contributed by atoms with Gasteiger partial charge in [-0.15, -0.1) is 0 Å². The number of nitrogens with one attached hydrogen (secondary N) is 6. The van der Waals surface area contributed by atoms with Gasteiger partial charge in [0.15, 0.2) is 24.6 Å². The molecule has 26 nitrogen and oxygen atoms in total. The Labute approximate surface area is 361 Å². The molecule has 4 saturated heterocycles. The van der Waals surface area contributed by atoms with Crippen molar-refractivity contribution in [3.05, 3.63) is 35.9 Å². The van der Waals surface area contributed by atoms with E-state index in [4.69, 9.17) is 61.8 Å². The van der Waals surface area contributed by atoms with Crippen molar-refractivity contribution < 1.29 is 67.3 Å². The Morgan fingerprint density at radius 1 is 0.905 bits per heavy atom. The van der Waals surface area contributed by atoms with Gasteiger partial charge in [-0.1, -0.05) is 12.1 Å². The van der Waals surface area contributed by atoms with E-state index >= 15 is 0 Å². The number of aliphatic hydroxyl groups is 2. The van der Waals surface area contributed by atoms with Crippen LogP contribution in [-0.4, -0.2) is 165 Å². The first kappa shape index (κ1) is 48.3. The van der Waals surface area contributed by atoms with Gasteiger partial charge in [-0.25, -0.2) is 24.2 Å². The Kier molecular flexibility index (Phi) is 17.7. The second-order valence-electron chi connectivity index (χ2n) is 15.0. The van der Waals surface area contributed by atoms with Gasteiger partial charge in [-0.3, -0.25) is 10.1 Å². The molecule has 1 aromatic rings. The van der Waals surface area contributed by atoms with E-state index in [0.717, 1.165) is 32.4 Å². The minimum Gasteiger partial charge on any atom is -0.462 e. The van der Waals surface area contributed by atoms with Crippen molar-refractivity contribution in [2.75, 3.05) is 39.4 Å². The van der Waals surface area contributed by atoms with E-state index in [1.165, 1.54) is 13.0 Å². The van der Waals surface area contributed by atoms with Crippen LogP contribution in [0, 0.1) is 0 Å². The van der Waals surface area contributed by atoms with Gasteiger partial charge in [-0.05, 0) is 69.6 Å². The van der Waals surface area contributed by atoms with E-state index in [1.54, 1.807) is 30.3 Å². The van der Waals surface area contributed by atoms with E-state index in [9.17, 15) is 34.2 Å². The normalized spacial score (nSPS) is 31.4. The van der Waals surface area contributed by atoms with Crippen molar-refractivity contribution in [2.24, 2.45) is 33.7 Å². The number of aliphatic imine (C=N–C) groups is 1. The number of nitrogens with zero attached hydrogens (tertiary/aromatic N) is 1. The molecule has 0 saturated carbocycles. The maximum absolute atomic E-state index is 13.3. The van der Waals surface area contributed by atoms with Crippen molar-refractivity contribution in [1.29, 1.82) is 0 Å². The molecular formula is C37H58N12O14. The van der Waals surface area contributed by atoms with Gasteiger partial charge in [0.1, 0.15) is 48.3 Å². The average molecular weight is 895 g/mol. The second kappa shape index (κ2) is 23.1. The fraction of sp³-hybridized carbons (Fsp3) is 0.622. The van der Waals surface area contributed by atoms with Gasteiger partial charge in [0, 0.05) is 12.6 Å². The Morgan fingerprint density at radius 3 is 2.32 bits per heavy atom. The smallest absolute Gasteiger partial charge is 0.409 e. The highest BCUT2D eigenvalue weighted by atomic mass is 16.7. The Balaban J connectivity index is 1.15. The number of amides is 7. The van der Waals surface area contributed by atoms with E-state index < -0.39 is 116 Å². The summed E-state index contributed by atoms with van der Waals surface area (Å²) in [4.78, 5) is 65.3. The van der Waals surface area contributed by atoms with E-state index in [2.05, 4.69) is 36.9 Å². The van der Waals surface area contributed by atoms with Gasteiger partial charge in [-0.2, -0.15) is 0 Å². The lowest BCUT2D eigenvalue weighted by atomic mass is 9.97. The molecule has 4 aliphatic rings. The van der Waals surface area contributed by atoms with Crippen LogP contribution in [0.1, 0.15) is 31.7 Å². The molecule has 1 aromatic carbocycles. The zero-order chi connectivity index (χ0) is 45.6. The van der Waals surface area contributed by atoms with E-state index in [-0.39, 0.29) is 12.5 Å². The summed E-state index contributed by atoms with van der Waals surface area (Å²) >= 11 is 0. The van der Waals surface area contributed by atoms with E-state index in [0.29, 0.717) is 24.4 Å². The largest absolute Gasteiger partial charge is 0.462 e. The number of carbonyl (C=O) groups excluding carboxylic acids is 5. The molecule has 7 amide bonds. The lowest BCUT2D eigenvalue weighted by Crippen LogP contribution is -2.69. The Morgan fingerprint density at radius 2 is 1.62 bits per heavy atom. The number of carbonyl (C=O) groups is 5. The molecule has 0 radical (unpaired) electrons. The Hall–Kier alpha value is -5.74. The van der Waals surface area contributed by atoms with Crippen LogP contribution in [0.4, 0.5) is 19.2 Å². The van der Waals surface area contributed by atoms with Crippen LogP contribution in [0.5, 0.6) is 5.75 Å². The predicted octanol–water partition coefficient (Wildman–Crippen LogP) is -4.23. The highest BCUT2D eigenvalue weighted by Crippen LogP contribution is 2.30. The first-order chi connectivity index (χ1) is 30.1. The number of aliphatic hydroxyl groups excluding tert-OH is 2. The van der Waals surface area contributed by atoms with Gasteiger partial charge in [0.2, 0.25) is 12.2 Å². The van der Waals surface area contributed by atoms with E-state index in [1.807, 2.05) is 0 Å². The number of unbranched alkanes of at least 4 members (excludes halogenated alkanes) is 1. The number of primary amides is 2. The number of rotatable bonds is 19. The van der Waals surface area contributed by atoms with Crippen LogP contribution in [0.15, 0.2) is 35.3 Å². The summed E-state index contributed by atoms with van der Waals surface area (Å²) in [6, 6.07) is -0.0838. The fourth-order valence-electron chi connectivity index (χ4n) is 7.22. The first-order valence-corrected chi connectivity index (χ1v) is 20.3. The number of fused-ring (bicyclic) bond motifs is 1. The van der Waals surface area contributed by atoms with Gasteiger partial charge < -0.3 is 98.6 Å². The minimum atomic E-state index is -1.63. The standard InChI is InChI=1S/C37H58N12O14/c1-17-29(28(52)26(45-33(39)40)32(59-17)60-19-8-5-18(6-9-19)7-10-22(50)44-14-4-13-43-12-3-2-11-38)63-37(56)49-30-25(47-35(42)54)27(51)21(16-57-30)61-31-24(46-34(41)53)23-20(15-58-31)62-36(55)48-23/h5-10,17,20-21,23-32,43,51-52H,2-4,11-16,38H2,1H3,(H,44,50)(H,48,55)(H,49,56)(H4,39,40,45)(H3,41,46,53)(H3,42,47,54)/b10-7+/t17-,20-,21-,23+,24-,25-,26-,27+,28-,29-,30+,31+,32-/m1/s1. The third-order valence-corrected chi connectivity index (χ3v) is 10.3. The zero-order valence-electron chi connectivity index (χ0n) is 34.5. The number of guanidine groups is 1. The summed E-state index contributed by atoms with van der Waals surface area (Å²) in [5.74, 6) is -0.371. The number of benzene rings is 1. The first-order valence-electron chi connectivity index (χ1n) is 20.3. The van der Waals surface area contributed by atoms with Gasteiger partial charge >= 0.3 is 24.2 Å².